The number of thiophene rings is 1. The first-order valence-electron chi connectivity index (χ1n) is 9.85. The van der Waals surface area contributed by atoms with Crippen LogP contribution in [0.25, 0.3) is 10.2 Å². The second-order valence-electron chi connectivity index (χ2n) is 6.86. The van der Waals surface area contributed by atoms with Gasteiger partial charge in [0.2, 0.25) is 5.91 Å². The molecule has 28 heavy (non-hydrogen) atoms. The molecule has 154 valence electrons. The zero-order chi connectivity index (χ0) is 20.7. The van der Waals surface area contributed by atoms with Crippen LogP contribution in [0.2, 0.25) is 0 Å². The summed E-state index contributed by atoms with van der Waals surface area (Å²) in [4.78, 5) is 42.3. The van der Waals surface area contributed by atoms with Gasteiger partial charge >= 0.3 is 5.97 Å². The average Bonchev–Trinajstić information content (AvgIpc) is 3.02. The predicted octanol–water partition coefficient (Wildman–Crippen LogP) is 3.28. The number of nitrogens with zero attached hydrogens (tertiary/aromatic N) is 2. The molecule has 0 spiro atoms. The van der Waals surface area contributed by atoms with Gasteiger partial charge in [-0.25, -0.2) is 9.78 Å². The molecular formula is C20H29N3O4S. The van der Waals surface area contributed by atoms with Crippen molar-refractivity contribution in [3.63, 3.8) is 0 Å². The van der Waals surface area contributed by atoms with Gasteiger partial charge in [0, 0.05) is 6.54 Å². The Morgan fingerprint density at radius 1 is 1.32 bits per heavy atom. The molecule has 2 aromatic rings. The van der Waals surface area contributed by atoms with Gasteiger partial charge in [0.1, 0.15) is 16.3 Å². The highest BCUT2D eigenvalue weighted by atomic mass is 32.1. The van der Waals surface area contributed by atoms with E-state index in [-0.39, 0.29) is 24.6 Å². The van der Waals surface area contributed by atoms with Crippen LogP contribution in [0.15, 0.2) is 11.1 Å². The molecule has 0 saturated heterocycles. The molecule has 2 heterocycles. The first-order chi connectivity index (χ1) is 13.4. The number of fused-ring (bicyclic) bond motifs is 1. The van der Waals surface area contributed by atoms with Crippen molar-refractivity contribution in [3.8, 4) is 0 Å². The van der Waals surface area contributed by atoms with Gasteiger partial charge in [-0.15, -0.1) is 11.3 Å². The topological polar surface area (TPSA) is 90.3 Å². The van der Waals surface area contributed by atoms with Gasteiger partial charge in [-0.1, -0.05) is 33.1 Å². The van der Waals surface area contributed by atoms with Crippen LogP contribution in [0.5, 0.6) is 0 Å². The third-order valence-corrected chi connectivity index (χ3v) is 6.00. The Labute approximate surface area is 169 Å². The Bertz CT molecular complexity index is 887. The summed E-state index contributed by atoms with van der Waals surface area (Å²) in [6.45, 7) is 8.51. The fourth-order valence-corrected chi connectivity index (χ4v) is 4.11. The van der Waals surface area contributed by atoms with Gasteiger partial charge in [0.15, 0.2) is 0 Å². The van der Waals surface area contributed by atoms with Crippen molar-refractivity contribution in [2.24, 2.45) is 5.92 Å². The molecule has 2 aromatic heterocycles. The molecule has 1 N–H and O–H groups in total. The zero-order valence-corrected chi connectivity index (χ0v) is 17.9. The van der Waals surface area contributed by atoms with E-state index >= 15 is 0 Å². The Morgan fingerprint density at radius 3 is 2.71 bits per heavy atom. The lowest BCUT2D eigenvalue weighted by atomic mass is 9.99. The third kappa shape index (κ3) is 5.19. The van der Waals surface area contributed by atoms with E-state index in [0.717, 1.165) is 37.0 Å². The van der Waals surface area contributed by atoms with Gasteiger partial charge in [-0.2, -0.15) is 0 Å². The lowest BCUT2D eigenvalue weighted by Crippen LogP contribution is -2.35. The van der Waals surface area contributed by atoms with Crippen molar-refractivity contribution in [3.05, 3.63) is 27.1 Å². The fraction of sp³-hybridized carbons (Fsp3) is 0.600. The summed E-state index contributed by atoms with van der Waals surface area (Å²) in [7, 11) is 0. The normalized spacial score (nSPS) is 12.1. The number of aromatic nitrogens is 2. The van der Waals surface area contributed by atoms with Crippen molar-refractivity contribution >= 4 is 33.4 Å². The van der Waals surface area contributed by atoms with Gasteiger partial charge in [-0.05, 0) is 31.7 Å². The van der Waals surface area contributed by atoms with Crippen molar-refractivity contribution in [2.45, 2.75) is 59.9 Å². The van der Waals surface area contributed by atoms with E-state index in [4.69, 9.17) is 4.74 Å². The summed E-state index contributed by atoms with van der Waals surface area (Å²) in [6, 6.07) is 0. The maximum Gasteiger partial charge on any atom is 0.348 e. The van der Waals surface area contributed by atoms with E-state index in [9.17, 15) is 14.4 Å². The predicted molar refractivity (Wildman–Crippen MR) is 111 cm³/mol. The molecule has 1 atom stereocenters. The van der Waals surface area contributed by atoms with E-state index in [0.29, 0.717) is 33.1 Å². The minimum atomic E-state index is -0.454. The minimum absolute atomic E-state index is 0.0873. The smallest absolute Gasteiger partial charge is 0.348 e. The molecule has 0 unspecified atom stereocenters. The molecule has 7 nitrogen and oxygen atoms in total. The highest BCUT2D eigenvalue weighted by Crippen LogP contribution is 2.27. The highest BCUT2D eigenvalue weighted by Gasteiger charge is 2.20. The van der Waals surface area contributed by atoms with Crippen LogP contribution >= 0.6 is 11.3 Å². The van der Waals surface area contributed by atoms with E-state index in [1.807, 2.05) is 0 Å². The van der Waals surface area contributed by atoms with E-state index in [1.165, 1.54) is 10.9 Å². The zero-order valence-electron chi connectivity index (χ0n) is 17.0. The third-order valence-electron chi connectivity index (χ3n) is 4.82. The second-order valence-corrected chi connectivity index (χ2v) is 7.85. The molecule has 8 heteroatoms. The van der Waals surface area contributed by atoms with Crippen LogP contribution in [-0.4, -0.2) is 34.6 Å². The summed E-state index contributed by atoms with van der Waals surface area (Å²) in [5, 5.41) is 3.30. The lowest BCUT2D eigenvalue weighted by Gasteiger charge is -2.15. The van der Waals surface area contributed by atoms with Crippen molar-refractivity contribution in [2.75, 3.05) is 13.2 Å². The van der Waals surface area contributed by atoms with E-state index in [1.54, 1.807) is 13.8 Å². The summed E-state index contributed by atoms with van der Waals surface area (Å²) in [5.74, 6) is -0.214. The number of hydrogen-bond donors (Lipinski definition) is 1. The summed E-state index contributed by atoms with van der Waals surface area (Å²) < 4.78 is 6.33. The maximum atomic E-state index is 12.8. The number of esters is 1. The molecular weight excluding hydrogens is 378 g/mol. The second kappa shape index (κ2) is 10.4. The first kappa shape index (κ1) is 22.1. The van der Waals surface area contributed by atoms with Crippen LogP contribution in [0.3, 0.4) is 0 Å². The molecule has 0 radical (unpaired) electrons. The average molecular weight is 408 g/mol. The number of nitrogens with one attached hydrogen (secondary N) is 1. The number of ether oxygens (including phenoxy) is 1. The van der Waals surface area contributed by atoms with Crippen molar-refractivity contribution in [1.82, 2.24) is 14.9 Å². The highest BCUT2D eigenvalue weighted by molar-refractivity contribution is 7.20. The number of amides is 1. The Balaban J connectivity index is 2.14. The van der Waals surface area contributed by atoms with Crippen LogP contribution in [0, 0.1) is 12.8 Å². The van der Waals surface area contributed by atoms with Gasteiger partial charge in [0.25, 0.3) is 5.56 Å². The van der Waals surface area contributed by atoms with Crippen molar-refractivity contribution < 1.29 is 14.3 Å². The number of unbranched alkanes of at least 4 members (excludes halogenated alkanes) is 1. The molecule has 0 aliphatic carbocycles. The van der Waals surface area contributed by atoms with Crippen LogP contribution in [-0.2, 0) is 16.1 Å². The molecule has 0 bridgehead atoms. The standard InChI is InChI=1S/C20H29N3O4S/c1-5-8-9-14(6-2)10-21-15(24)11-23-12-22-18-16(19(23)25)13(4)17(28-18)20(26)27-7-3/h12,14H,5-11H2,1-4H3,(H,21,24)/t14-/m1/s1. The molecule has 0 saturated carbocycles. The monoisotopic (exact) mass is 407 g/mol. The Hall–Kier alpha value is -2.22. The number of rotatable bonds is 10. The summed E-state index contributed by atoms with van der Waals surface area (Å²) >= 11 is 1.14. The quantitative estimate of drug-likeness (QED) is 0.611. The van der Waals surface area contributed by atoms with Crippen LogP contribution in [0.4, 0.5) is 0 Å². The van der Waals surface area contributed by atoms with Crippen LogP contribution in [0.1, 0.15) is 61.7 Å². The Kier molecular flexibility index (Phi) is 8.17. The SMILES string of the molecule is CCCC[C@@H](CC)CNC(=O)Cn1cnc2sc(C(=O)OCC)c(C)c2c1=O. The summed E-state index contributed by atoms with van der Waals surface area (Å²) in [6.07, 6.45) is 5.75. The van der Waals surface area contributed by atoms with Crippen molar-refractivity contribution in [1.29, 1.82) is 0 Å². The van der Waals surface area contributed by atoms with Crippen LogP contribution < -0.4 is 10.9 Å². The summed E-state index contributed by atoms with van der Waals surface area (Å²) in [5.41, 5.74) is 0.235. The largest absolute Gasteiger partial charge is 0.462 e. The van der Waals surface area contributed by atoms with Gasteiger partial charge in [0.05, 0.1) is 18.3 Å². The lowest BCUT2D eigenvalue weighted by molar-refractivity contribution is -0.121. The minimum Gasteiger partial charge on any atom is -0.462 e. The van der Waals surface area contributed by atoms with Gasteiger partial charge < -0.3 is 10.1 Å². The number of aryl methyl sites for hydroxylation is 1. The molecule has 0 aromatic carbocycles. The van der Waals surface area contributed by atoms with E-state index < -0.39 is 5.97 Å². The molecule has 0 fully saturated rings. The molecule has 2 rings (SSSR count). The first-order valence-corrected chi connectivity index (χ1v) is 10.7. The Morgan fingerprint density at radius 2 is 2.07 bits per heavy atom. The molecule has 0 aliphatic heterocycles. The van der Waals surface area contributed by atoms with E-state index in [2.05, 4.69) is 24.1 Å². The molecule has 0 aliphatic rings. The van der Waals surface area contributed by atoms with Gasteiger partial charge in [-0.3, -0.25) is 14.2 Å². The maximum absolute atomic E-state index is 12.8. The number of carbonyl (C=O) groups is 2. The number of hydrogen-bond acceptors (Lipinski definition) is 6. The fourth-order valence-electron chi connectivity index (χ4n) is 3.08. The molecule has 1 amide bonds. The number of carbonyl (C=O) groups excluding carboxylic acids is 2.